The van der Waals surface area contributed by atoms with Crippen molar-refractivity contribution in [3.8, 4) is 0 Å². The zero-order chi connectivity index (χ0) is 9.84. The van der Waals surface area contributed by atoms with Crippen LogP contribution in [0.5, 0.6) is 0 Å². The number of nitrogens with zero attached hydrogens (tertiary/aromatic N) is 3. The molecule has 0 unspecified atom stereocenters. The van der Waals surface area contributed by atoms with E-state index in [1.54, 1.807) is 20.2 Å². The summed E-state index contributed by atoms with van der Waals surface area (Å²) in [5.41, 5.74) is 1.50. The molecular formula is C9H13N3O. The van der Waals surface area contributed by atoms with E-state index < -0.39 is 0 Å². The average molecular weight is 179 g/mol. The van der Waals surface area contributed by atoms with E-state index in [1.165, 1.54) is 5.01 Å². The summed E-state index contributed by atoms with van der Waals surface area (Å²) < 4.78 is 0. The second-order valence-corrected chi connectivity index (χ2v) is 3.00. The molecule has 0 aliphatic rings. The van der Waals surface area contributed by atoms with E-state index in [0.717, 1.165) is 5.56 Å². The third-order valence-corrected chi connectivity index (χ3v) is 1.58. The van der Waals surface area contributed by atoms with Crippen LogP contribution >= 0.6 is 0 Å². The first-order valence-corrected chi connectivity index (χ1v) is 4.03. The van der Waals surface area contributed by atoms with Crippen molar-refractivity contribution < 1.29 is 4.86 Å². The van der Waals surface area contributed by atoms with E-state index in [4.69, 9.17) is 0 Å². The Bertz CT molecular complexity index is 320. The molecule has 1 rings (SSSR count). The molecule has 13 heavy (non-hydrogen) atoms. The van der Waals surface area contributed by atoms with Crippen LogP contribution in [0.4, 0.5) is 5.69 Å². The van der Waals surface area contributed by atoms with Gasteiger partial charge in [-0.25, -0.2) is 0 Å². The molecule has 0 heterocycles. The number of para-hydroxylation sites is 1. The molecule has 0 aliphatic carbocycles. The minimum Gasteiger partial charge on any atom is -0.691 e. The standard InChI is InChI=1S/C9H13N3O/c1-8-6-4-5-7-9(8)12(13)10-11(2)3/h4-7H,1-3H3/b12-10-. The second-order valence-electron chi connectivity index (χ2n) is 3.00. The lowest BCUT2D eigenvalue weighted by Gasteiger charge is -2.09. The minimum atomic E-state index is 0.580. The van der Waals surface area contributed by atoms with Crippen molar-refractivity contribution in [2.45, 2.75) is 6.92 Å². The first-order valence-electron chi connectivity index (χ1n) is 4.03. The molecule has 0 atom stereocenters. The van der Waals surface area contributed by atoms with Crippen molar-refractivity contribution in [1.29, 1.82) is 0 Å². The molecule has 4 nitrogen and oxygen atoms in total. The first kappa shape index (κ1) is 9.51. The summed E-state index contributed by atoms with van der Waals surface area (Å²) in [6.07, 6.45) is 0. The predicted octanol–water partition coefficient (Wildman–Crippen LogP) is 2.07. The summed E-state index contributed by atoms with van der Waals surface area (Å²) in [4.78, 5) is 0.620. The van der Waals surface area contributed by atoms with Crippen molar-refractivity contribution in [2.75, 3.05) is 14.1 Å². The highest BCUT2D eigenvalue weighted by Crippen LogP contribution is 2.16. The molecule has 70 valence electrons. The van der Waals surface area contributed by atoms with Gasteiger partial charge in [0.2, 0.25) is 0 Å². The first-order chi connectivity index (χ1) is 6.11. The third-order valence-electron chi connectivity index (χ3n) is 1.58. The van der Waals surface area contributed by atoms with Crippen molar-refractivity contribution in [2.24, 2.45) is 5.22 Å². The van der Waals surface area contributed by atoms with Gasteiger partial charge in [0.15, 0.2) is 5.69 Å². The van der Waals surface area contributed by atoms with Crippen LogP contribution < -0.4 is 0 Å². The molecule has 0 fully saturated rings. The Kier molecular flexibility index (Phi) is 2.84. The van der Waals surface area contributed by atoms with Crippen LogP contribution in [0, 0.1) is 12.1 Å². The summed E-state index contributed by atoms with van der Waals surface area (Å²) in [5, 5.41) is 16.6. The normalized spacial score (nSPS) is 11.5. The van der Waals surface area contributed by atoms with Crippen LogP contribution in [-0.4, -0.2) is 24.0 Å². The average Bonchev–Trinajstić information content (AvgIpc) is 2.03. The molecule has 1 aromatic rings. The Morgan fingerprint density at radius 2 is 1.92 bits per heavy atom. The van der Waals surface area contributed by atoms with Gasteiger partial charge in [0.25, 0.3) is 0 Å². The fourth-order valence-corrected chi connectivity index (χ4v) is 0.989. The van der Waals surface area contributed by atoms with E-state index in [1.807, 2.05) is 25.1 Å². The van der Waals surface area contributed by atoms with Crippen LogP contribution in [0.2, 0.25) is 0 Å². The van der Waals surface area contributed by atoms with Gasteiger partial charge in [0.1, 0.15) is 0 Å². The number of hydrogen-bond acceptors (Lipinski definition) is 2. The van der Waals surface area contributed by atoms with Gasteiger partial charge in [-0.2, -0.15) is 5.01 Å². The molecule has 0 spiro atoms. The lowest BCUT2D eigenvalue weighted by molar-refractivity contribution is -0.460. The lowest BCUT2D eigenvalue weighted by Crippen LogP contribution is -2.07. The Balaban J connectivity index is 3.02. The minimum absolute atomic E-state index is 0.580. The maximum Gasteiger partial charge on any atom is 0.157 e. The van der Waals surface area contributed by atoms with E-state index >= 15 is 0 Å². The van der Waals surface area contributed by atoms with Crippen LogP contribution in [0.25, 0.3) is 0 Å². The van der Waals surface area contributed by atoms with E-state index in [9.17, 15) is 5.21 Å². The number of rotatable bonds is 2. The monoisotopic (exact) mass is 179 g/mol. The molecule has 4 heteroatoms. The summed E-state index contributed by atoms with van der Waals surface area (Å²) in [6, 6.07) is 7.33. The highest BCUT2D eigenvalue weighted by atomic mass is 16.5. The van der Waals surface area contributed by atoms with Crippen LogP contribution in [0.15, 0.2) is 29.5 Å². The summed E-state index contributed by atoms with van der Waals surface area (Å²) in [7, 11) is 3.42. The van der Waals surface area contributed by atoms with E-state index in [0.29, 0.717) is 10.5 Å². The van der Waals surface area contributed by atoms with Crippen LogP contribution in [-0.2, 0) is 0 Å². The van der Waals surface area contributed by atoms with Crippen LogP contribution in [0.1, 0.15) is 5.56 Å². The molecule has 0 aromatic heterocycles. The number of benzene rings is 1. The Morgan fingerprint density at radius 3 is 2.46 bits per heavy atom. The predicted molar refractivity (Wildman–Crippen MR) is 50.6 cm³/mol. The second kappa shape index (κ2) is 3.89. The van der Waals surface area contributed by atoms with Gasteiger partial charge in [-0.05, 0) is 18.6 Å². The van der Waals surface area contributed by atoms with Crippen molar-refractivity contribution in [3.63, 3.8) is 0 Å². The maximum atomic E-state index is 11.4. The fraction of sp³-hybridized carbons (Fsp3) is 0.333. The summed E-state index contributed by atoms with van der Waals surface area (Å²) >= 11 is 0. The van der Waals surface area contributed by atoms with Gasteiger partial charge >= 0.3 is 0 Å². The summed E-state index contributed by atoms with van der Waals surface area (Å²) in [6.45, 7) is 1.88. The topological polar surface area (TPSA) is 41.7 Å². The third kappa shape index (κ3) is 2.43. The Labute approximate surface area is 77.7 Å². The van der Waals surface area contributed by atoms with Gasteiger partial charge < -0.3 is 5.21 Å². The quantitative estimate of drug-likeness (QED) is 0.396. The van der Waals surface area contributed by atoms with Crippen molar-refractivity contribution in [3.05, 3.63) is 35.0 Å². The molecular weight excluding hydrogens is 166 g/mol. The fourth-order valence-electron chi connectivity index (χ4n) is 0.989. The van der Waals surface area contributed by atoms with Gasteiger partial charge in [-0.3, -0.25) is 0 Å². The van der Waals surface area contributed by atoms with Crippen molar-refractivity contribution in [1.82, 2.24) is 5.01 Å². The Hall–Kier alpha value is -1.58. The smallest absolute Gasteiger partial charge is 0.157 e. The molecule has 0 saturated carbocycles. The molecule has 0 bridgehead atoms. The van der Waals surface area contributed by atoms with Gasteiger partial charge in [-0.1, -0.05) is 18.2 Å². The number of hydrogen-bond donors (Lipinski definition) is 0. The van der Waals surface area contributed by atoms with Crippen molar-refractivity contribution >= 4 is 5.69 Å². The highest BCUT2D eigenvalue weighted by molar-refractivity contribution is 5.38. The molecule has 0 radical (unpaired) electrons. The van der Waals surface area contributed by atoms with E-state index in [-0.39, 0.29) is 0 Å². The molecule has 0 N–H and O–H groups in total. The highest BCUT2D eigenvalue weighted by Gasteiger charge is 2.01. The van der Waals surface area contributed by atoms with E-state index in [2.05, 4.69) is 5.22 Å². The molecule has 0 amide bonds. The lowest BCUT2D eigenvalue weighted by atomic mass is 10.2. The molecule has 0 saturated heterocycles. The Morgan fingerprint density at radius 1 is 1.31 bits per heavy atom. The molecule has 1 aromatic carbocycles. The zero-order valence-corrected chi connectivity index (χ0v) is 8.06. The zero-order valence-electron chi connectivity index (χ0n) is 8.06. The number of aryl methyl sites for hydroxylation is 1. The molecule has 0 aliphatic heterocycles. The maximum absolute atomic E-state index is 11.4. The van der Waals surface area contributed by atoms with Gasteiger partial charge in [0.05, 0.1) is 19.3 Å². The summed E-state index contributed by atoms with van der Waals surface area (Å²) in [5.74, 6) is 0. The SMILES string of the molecule is Cc1ccccc1/[N+]([O-])=N/N(C)C. The van der Waals surface area contributed by atoms with Crippen LogP contribution in [0.3, 0.4) is 0 Å². The van der Waals surface area contributed by atoms with Gasteiger partial charge in [0, 0.05) is 0 Å². The van der Waals surface area contributed by atoms with Gasteiger partial charge in [-0.15, -0.1) is 4.86 Å². The largest absolute Gasteiger partial charge is 0.691 e.